The van der Waals surface area contributed by atoms with E-state index >= 15 is 0 Å². The number of likely N-dealkylation sites (tertiary alicyclic amines) is 1. The molecule has 4 rings (SSSR count). The molecule has 2 aromatic carbocycles. The van der Waals surface area contributed by atoms with Crippen molar-refractivity contribution in [1.82, 2.24) is 15.5 Å². The summed E-state index contributed by atoms with van der Waals surface area (Å²) in [5, 5.41) is 6.01. The molecular weight excluding hydrogens is 390 g/mol. The van der Waals surface area contributed by atoms with Gasteiger partial charge in [0.05, 0.1) is 0 Å². The van der Waals surface area contributed by atoms with Crippen LogP contribution >= 0.6 is 0 Å². The molecule has 0 aliphatic carbocycles. The number of nitrogens with zero attached hydrogens (tertiary/aromatic N) is 1. The molecule has 0 spiro atoms. The second-order valence-corrected chi connectivity index (χ2v) is 8.72. The van der Waals surface area contributed by atoms with Gasteiger partial charge in [-0.2, -0.15) is 0 Å². The first kappa shape index (κ1) is 21.5. The molecule has 6 heteroatoms. The molecule has 2 aliphatic rings. The minimum atomic E-state index is -0.0847. The average molecular weight is 424 g/mol. The van der Waals surface area contributed by atoms with Crippen LogP contribution in [-0.2, 0) is 13.0 Å². The summed E-state index contributed by atoms with van der Waals surface area (Å²) in [6, 6.07) is 12.5. The van der Waals surface area contributed by atoms with Gasteiger partial charge in [0.25, 0.3) is 0 Å². The van der Waals surface area contributed by atoms with Crippen LogP contribution < -0.4 is 20.1 Å². The first-order chi connectivity index (χ1) is 15.1. The lowest BCUT2D eigenvalue weighted by Gasteiger charge is -2.32. The number of amides is 2. The number of carbonyl (C=O) groups excluding carboxylic acids is 1. The van der Waals surface area contributed by atoms with E-state index in [4.69, 9.17) is 9.47 Å². The largest absolute Gasteiger partial charge is 0.454 e. The van der Waals surface area contributed by atoms with Gasteiger partial charge in [0.15, 0.2) is 11.5 Å². The second-order valence-electron chi connectivity index (χ2n) is 8.72. The number of hydrogen-bond acceptors (Lipinski definition) is 4. The first-order valence-electron chi connectivity index (χ1n) is 11.3. The fraction of sp³-hybridized carbons (Fsp3) is 0.480. The molecule has 31 heavy (non-hydrogen) atoms. The van der Waals surface area contributed by atoms with Crippen molar-refractivity contribution in [3.8, 4) is 11.5 Å². The Morgan fingerprint density at radius 1 is 1.03 bits per heavy atom. The second kappa shape index (κ2) is 10.1. The van der Waals surface area contributed by atoms with Crippen molar-refractivity contribution in [2.24, 2.45) is 5.92 Å². The third kappa shape index (κ3) is 5.91. The van der Waals surface area contributed by atoms with E-state index in [1.807, 2.05) is 18.2 Å². The molecule has 1 saturated heterocycles. The summed E-state index contributed by atoms with van der Waals surface area (Å²) in [7, 11) is 0. The van der Waals surface area contributed by atoms with Gasteiger partial charge in [0, 0.05) is 19.6 Å². The van der Waals surface area contributed by atoms with Gasteiger partial charge in [-0.1, -0.05) is 29.8 Å². The number of rotatable bonds is 7. The van der Waals surface area contributed by atoms with Crippen LogP contribution in [0.3, 0.4) is 0 Å². The maximum absolute atomic E-state index is 12.2. The number of aryl methyl sites for hydroxylation is 2. The minimum Gasteiger partial charge on any atom is -0.454 e. The fourth-order valence-electron chi connectivity index (χ4n) is 4.28. The van der Waals surface area contributed by atoms with Gasteiger partial charge >= 0.3 is 6.03 Å². The van der Waals surface area contributed by atoms with E-state index in [0.29, 0.717) is 12.5 Å². The van der Waals surface area contributed by atoms with E-state index in [9.17, 15) is 4.79 Å². The van der Waals surface area contributed by atoms with E-state index in [-0.39, 0.29) is 12.8 Å². The summed E-state index contributed by atoms with van der Waals surface area (Å²) in [6.07, 6.45) is 3.02. The van der Waals surface area contributed by atoms with Crippen LogP contribution in [0, 0.1) is 19.8 Å². The topological polar surface area (TPSA) is 62.8 Å². The Balaban J connectivity index is 1.12. The maximum atomic E-state index is 12.2. The van der Waals surface area contributed by atoms with Gasteiger partial charge in [0.1, 0.15) is 0 Å². The predicted molar refractivity (Wildman–Crippen MR) is 122 cm³/mol. The van der Waals surface area contributed by atoms with Gasteiger partial charge in [-0.3, -0.25) is 4.90 Å². The van der Waals surface area contributed by atoms with Gasteiger partial charge in [0.2, 0.25) is 6.79 Å². The Morgan fingerprint density at radius 3 is 2.68 bits per heavy atom. The number of fused-ring (bicyclic) bond motifs is 1. The van der Waals surface area contributed by atoms with Crippen molar-refractivity contribution in [1.29, 1.82) is 0 Å². The number of hydrogen-bond donors (Lipinski definition) is 2. The molecule has 0 unspecified atom stereocenters. The highest BCUT2D eigenvalue weighted by Gasteiger charge is 2.20. The quantitative estimate of drug-likeness (QED) is 0.711. The first-order valence-corrected chi connectivity index (χ1v) is 11.3. The van der Waals surface area contributed by atoms with Crippen LogP contribution in [0.1, 0.15) is 35.1 Å². The Bertz CT molecular complexity index is 907. The monoisotopic (exact) mass is 423 g/mol. The highest BCUT2D eigenvalue weighted by molar-refractivity contribution is 5.73. The summed E-state index contributed by atoms with van der Waals surface area (Å²) in [5.74, 6) is 2.12. The van der Waals surface area contributed by atoms with Gasteiger partial charge < -0.3 is 20.1 Å². The van der Waals surface area contributed by atoms with Crippen molar-refractivity contribution in [3.63, 3.8) is 0 Å². The molecular formula is C25H33N3O3. The van der Waals surface area contributed by atoms with Gasteiger partial charge in [-0.05, 0) is 80.9 Å². The molecule has 2 heterocycles. The van der Waals surface area contributed by atoms with Crippen molar-refractivity contribution in [2.45, 2.75) is 39.7 Å². The highest BCUT2D eigenvalue weighted by Crippen LogP contribution is 2.32. The molecule has 0 bridgehead atoms. The van der Waals surface area contributed by atoms with Crippen LogP contribution in [0.4, 0.5) is 4.79 Å². The summed E-state index contributed by atoms with van der Waals surface area (Å²) < 4.78 is 10.7. The lowest BCUT2D eigenvalue weighted by atomic mass is 9.96. The summed E-state index contributed by atoms with van der Waals surface area (Å²) >= 11 is 0. The SMILES string of the molecule is Cc1ccc(C)c(CN2CCC(CNC(=O)NCCc3ccc4c(c3)OCO4)CC2)c1. The minimum absolute atomic E-state index is 0.0847. The summed E-state index contributed by atoms with van der Waals surface area (Å²) in [6.45, 7) is 9.17. The fourth-order valence-corrected chi connectivity index (χ4v) is 4.28. The Hall–Kier alpha value is -2.73. The van der Waals surface area contributed by atoms with Crippen LogP contribution in [0.5, 0.6) is 11.5 Å². The van der Waals surface area contributed by atoms with E-state index in [2.05, 4.69) is 47.6 Å². The molecule has 0 saturated carbocycles. The number of benzene rings is 2. The standard InChI is InChI=1S/C25H33N3O3/c1-18-3-4-19(2)22(13-18)16-28-11-8-21(9-12-28)15-27-25(29)26-10-7-20-5-6-23-24(14-20)31-17-30-23/h3-6,13-14,21H,7-12,15-17H2,1-2H3,(H2,26,27,29). The molecule has 2 aliphatic heterocycles. The average Bonchev–Trinajstić information content (AvgIpc) is 3.24. The summed E-state index contributed by atoms with van der Waals surface area (Å²) in [5.41, 5.74) is 5.25. The third-order valence-corrected chi connectivity index (χ3v) is 6.29. The van der Waals surface area contributed by atoms with Crippen LogP contribution in [0.2, 0.25) is 0 Å². The van der Waals surface area contributed by atoms with E-state index < -0.39 is 0 Å². The molecule has 2 amide bonds. The smallest absolute Gasteiger partial charge is 0.314 e. The molecule has 166 valence electrons. The Kier molecular flexibility index (Phi) is 6.97. The lowest BCUT2D eigenvalue weighted by molar-refractivity contribution is 0.174. The zero-order chi connectivity index (χ0) is 21.6. The zero-order valence-electron chi connectivity index (χ0n) is 18.6. The van der Waals surface area contributed by atoms with Crippen molar-refractivity contribution < 1.29 is 14.3 Å². The number of carbonyl (C=O) groups is 1. The highest BCUT2D eigenvalue weighted by atomic mass is 16.7. The third-order valence-electron chi connectivity index (χ3n) is 6.29. The molecule has 0 aromatic heterocycles. The van der Waals surface area contributed by atoms with Crippen LogP contribution in [0.25, 0.3) is 0 Å². The molecule has 2 N–H and O–H groups in total. The zero-order valence-corrected chi connectivity index (χ0v) is 18.6. The van der Waals surface area contributed by atoms with Crippen molar-refractivity contribution >= 4 is 6.03 Å². The number of piperidine rings is 1. The van der Waals surface area contributed by atoms with E-state index in [1.165, 1.54) is 16.7 Å². The normalized spacial score (nSPS) is 16.3. The Labute approximate surface area is 184 Å². The summed E-state index contributed by atoms with van der Waals surface area (Å²) in [4.78, 5) is 14.7. The van der Waals surface area contributed by atoms with E-state index in [1.54, 1.807) is 0 Å². The molecule has 6 nitrogen and oxygen atoms in total. The van der Waals surface area contributed by atoms with Gasteiger partial charge in [-0.25, -0.2) is 4.79 Å². The molecule has 0 radical (unpaired) electrons. The molecule has 0 atom stereocenters. The van der Waals surface area contributed by atoms with E-state index in [0.717, 1.165) is 62.5 Å². The Morgan fingerprint density at radius 2 is 1.84 bits per heavy atom. The molecule has 2 aromatic rings. The number of nitrogens with one attached hydrogen (secondary N) is 2. The molecule has 1 fully saturated rings. The lowest BCUT2D eigenvalue weighted by Crippen LogP contribution is -2.42. The van der Waals surface area contributed by atoms with Crippen LogP contribution in [0.15, 0.2) is 36.4 Å². The number of urea groups is 1. The van der Waals surface area contributed by atoms with Gasteiger partial charge in [-0.15, -0.1) is 0 Å². The van der Waals surface area contributed by atoms with Crippen molar-refractivity contribution in [2.75, 3.05) is 33.0 Å². The predicted octanol–water partition coefficient (Wildman–Crippen LogP) is 3.79. The number of ether oxygens (including phenoxy) is 2. The maximum Gasteiger partial charge on any atom is 0.314 e. The van der Waals surface area contributed by atoms with Crippen LogP contribution in [-0.4, -0.2) is 43.9 Å². The van der Waals surface area contributed by atoms with Crippen molar-refractivity contribution in [3.05, 3.63) is 58.7 Å².